The number of aliphatic hydroxyl groups is 1. The van der Waals surface area contributed by atoms with Crippen molar-refractivity contribution in [1.82, 2.24) is 4.98 Å². The highest BCUT2D eigenvalue weighted by Gasteiger charge is 2.07. The second-order valence-corrected chi connectivity index (χ2v) is 4.29. The van der Waals surface area contributed by atoms with Crippen LogP contribution in [0.2, 0.25) is 0 Å². The number of aliphatic hydroxyl groups excluding tert-OH is 1. The molecule has 5 nitrogen and oxygen atoms in total. The van der Waals surface area contributed by atoms with E-state index in [1.54, 1.807) is 17.4 Å². The zero-order valence-electron chi connectivity index (χ0n) is 9.13. The number of hydrogen-bond donors (Lipinski definition) is 4. The van der Waals surface area contributed by atoms with Gasteiger partial charge in [0.05, 0.1) is 6.10 Å². The molecule has 0 aliphatic heterocycles. The van der Waals surface area contributed by atoms with Crippen molar-refractivity contribution in [1.29, 1.82) is 0 Å². The quantitative estimate of drug-likeness (QED) is 0.478. The highest BCUT2D eigenvalue weighted by molar-refractivity contribution is 7.07. The van der Waals surface area contributed by atoms with Gasteiger partial charge in [-0.1, -0.05) is 6.07 Å². The lowest BCUT2D eigenvalue weighted by atomic mass is 10.2. The van der Waals surface area contributed by atoms with E-state index >= 15 is 0 Å². The molecule has 90 valence electrons. The molecule has 0 saturated heterocycles. The summed E-state index contributed by atoms with van der Waals surface area (Å²) in [5, 5.41) is 16.8. The highest BCUT2D eigenvalue weighted by Crippen LogP contribution is 2.17. The second-order valence-electron chi connectivity index (χ2n) is 3.51. The first-order chi connectivity index (χ1) is 8.29. The van der Waals surface area contributed by atoms with E-state index in [-0.39, 0.29) is 0 Å². The van der Waals surface area contributed by atoms with Gasteiger partial charge in [-0.25, -0.2) is 10.8 Å². The topological polar surface area (TPSA) is 83.2 Å². The van der Waals surface area contributed by atoms with Crippen LogP contribution in [0.5, 0.6) is 0 Å². The van der Waals surface area contributed by atoms with Gasteiger partial charge < -0.3 is 15.8 Å². The molecule has 5 N–H and O–H groups in total. The molecule has 0 aliphatic carbocycles. The lowest BCUT2D eigenvalue weighted by Crippen LogP contribution is -2.14. The molecule has 0 bridgehead atoms. The number of anilines is 2. The Kier molecular flexibility index (Phi) is 3.92. The molecule has 0 saturated carbocycles. The van der Waals surface area contributed by atoms with E-state index in [0.29, 0.717) is 18.2 Å². The first-order valence-corrected chi connectivity index (χ1v) is 6.11. The van der Waals surface area contributed by atoms with E-state index in [1.807, 2.05) is 29.0 Å². The van der Waals surface area contributed by atoms with E-state index in [4.69, 9.17) is 5.84 Å². The minimum atomic E-state index is -0.530. The number of nitrogens with zero attached hydrogens (tertiary/aromatic N) is 1. The minimum Gasteiger partial charge on any atom is -0.387 e. The number of nitrogen functional groups attached to an aromatic ring is 1. The van der Waals surface area contributed by atoms with Crippen molar-refractivity contribution in [2.24, 2.45) is 5.84 Å². The molecule has 0 amide bonds. The first-order valence-electron chi connectivity index (χ1n) is 5.17. The van der Waals surface area contributed by atoms with Gasteiger partial charge in [0.1, 0.15) is 11.6 Å². The van der Waals surface area contributed by atoms with E-state index < -0.39 is 6.10 Å². The molecule has 6 heteroatoms. The average Bonchev–Trinajstić information content (AvgIpc) is 2.90. The van der Waals surface area contributed by atoms with E-state index in [2.05, 4.69) is 15.7 Å². The molecule has 0 aliphatic rings. The largest absolute Gasteiger partial charge is 0.387 e. The van der Waals surface area contributed by atoms with Crippen LogP contribution < -0.4 is 16.6 Å². The summed E-state index contributed by atoms with van der Waals surface area (Å²) in [5.74, 6) is 6.52. The number of nitrogens with one attached hydrogen (secondary N) is 2. The van der Waals surface area contributed by atoms with Crippen LogP contribution >= 0.6 is 11.3 Å². The van der Waals surface area contributed by atoms with Crippen molar-refractivity contribution < 1.29 is 5.11 Å². The monoisotopic (exact) mass is 250 g/mol. The molecule has 1 atom stereocenters. The second kappa shape index (κ2) is 5.62. The molecule has 0 aromatic carbocycles. The van der Waals surface area contributed by atoms with Crippen LogP contribution in [0, 0.1) is 0 Å². The van der Waals surface area contributed by atoms with Crippen LogP contribution in [-0.4, -0.2) is 16.6 Å². The van der Waals surface area contributed by atoms with Crippen molar-refractivity contribution >= 4 is 23.0 Å². The summed E-state index contributed by atoms with van der Waals surface area (Å²) in [5.41, 5.74) is 3.38. The van der Waals surface area contributed by atoms with Crippen molar-refractivity contribution in [3.05, 3.63) is 40.6 Å². The Bertz CT molecular complexity index is 460. The SMILES string of the molecule is NNc1cccc(NCC(O)c2ccsc2)n1. The molecule has 2 rings (SSSR count). The van der Waals surface area contributed by atoms with Crippen molar-refractivity contribution in [3.8, 4) is 0 Å². The number of thiophene rings is 1. The highest BCUT2D eigenvalue weighted by atomic mass is 32.1. The Labute approximate surface area is 103 Å². The first kappa shape index (κ1) is 11.8. The normalized spacial score (nSPS) is 12.1. The Balaban J connectivity index is 1.93. The fourth-order valence-electron chi connectivity index (χ4n) is 1.40. The van der Waals surface area contributed by atoms with Gasteiger partial charge in [0, 0.05) is 6.54 Å². The zero-order chi connectivity index (χ0) is 12.1. The summed E-state index contributed by atoms with van der Waals surface area (Å²) < 4.78 is 0. The Morgan fingerprint density at radius 1 is 1.35 bits per heavy atom. The molecule has 0 spiro atoms. The van der Waals surface area contributed by atoms with Crippen molar-refractivity contribution in [2.45, 2.75) is 6.10 Å². The van der Waals surface area contributed by atoms with Crippen LogP contribution in [-0.2, 0) is 0 Å². The fraction of sp³-hybridized carbons (Fsp3) is 0.182. The number of nitrogens with two attached hydrogens (primary N) is 1. The van der Waals surface area contributed by atoms with Gasteiger partial charge in [-0.3, -0.25) is 0 Å². The number of aromatic nitrogens is 1. The lowest BCUT2D eigenvalue weighted by Gasteiger charge is -2.11. The van der Waals surface area contributed by atoms with Crippen molar-refractivity contribution in [2.75, 3.05) is 17.3 Å². The van der Waals surface area contributed by atoms with Gasteiger partial charge in [-0.15, -0.1) is 0 Å². The van der Waals surface area contributed by atoms with Crippen LogP contribution in [0.25, 0.3) is 0 Å². The Morgan fingerprint density at radius 3 is 2.88 bits per heavy atom. The molecule has 17 heavy (non-hydrogen) atoms. The Morgan fingerprint density at radius 2 is 2.18 bits per heavy atom. The predicted molar refractivity (Wildman–Crippen MR) is 69.8 cm³/mol. The lowest BCUT2D eigenvalue weighted by molar-refractivity contribution is 0.192. The third kappa shape index (κ3) is 3.16. The van der Waals surface area contributed by atoms with Gasteiger partial charge >= 0.3 is 0 Å². The average molecular weight is 250 g/mol. The van der Waals surface area contributed by atoms with E-state index in [9.17, 15) is 5.11 Å². The third-order valence-corrected chi connectivity index (χ3v) is 3.00. The van der Waals surface area contributed by atoms with E-state index in [0.717, 1.165) is 5.56 Å². The summed E-state index contributed by atoms with van der Waals surface area (Å²) in [6.07, 6.45) is -0.530. The van der Waals surface area contributed by atoms with Crippen LogP contribution in [0.4, 0.5) is 11.6 Å². The molecular formula is C11H14N4OS. The van der Waals surface area contributed by atoms with Gasteiger partial charge in [0.2, 0.25) is 0 Å². The maximum absolute atomic E-state index is 9.87. The predicted octanol–water partition coefficient (Wildman–Crippen LogP) is 1.57. The number of hydrogen-bond acceptors (Lipinski definition) is 6. The molecule has 0 fully saturated rings. The Hall–Kier alpha value is -1.63. The maximum atomic E-state index is 9.87. The molecule has 2 aromatic heterocycles. The van der Waals surface area contributed by atoms with E-state index in [1.165, 1.54) is 0 Å². The third-order valence-electron chi connectivity index (χ3n) is 2.30. The van der Waals surface area contributed by atoms with Crippen LogP contribution in [0.15, 0.2) is 35.0 Å². The van der Waals surface area contributed by atoms with Crippen LogP contribution in [0.1, 0.15) is 11.7 Å². The smallest absolute Gasteiger partial charge is 0.142 e. The molecule has 2 aromatic rings. The summed E-state index contributed by atoms with van der Waals surface area (Å²) in [4.78, 5) is 4.19. The molecule has 0 radical (unpaired) electrons. The van der Waals surface area contributed by atoms with Gasteiger partial charge in [-0.2, -0.15) is 11.3 Å². The van der Waals surface area contributed by atoms with Gasteiger partial charge in [0.25, 0.3) is 0 Å². The standard InChI is InChI=1S/C11H14N4OS/c12-15-11-3-1-2-10(14-11)13-6-9(16)8-4-5-17-7-8/h1-5,7,9,16H,6,12H2,(H2,13,14,15). The fourth-order valence-corrected chi connectivity index (χ4v) is 2.10. The molecule has 1 unspecified atom stereocenters. The summed E-state index contributed by atoms with van der Waals surface area (Å²) >= 11 is 1.57. The number of rotatable bonds is 5. The minimum absolute atomic E-state index is 0.414. The van der Waals surface area contributed by atoms with Gasteiger partial charge in [0.15, 0.2) is 0 Å². The zero-order valence-corrected chi connectivity index (χ0v) is 9.95. The van der Waals surface area contributed by atoms with Crippen LogP contribution in [0.3, 0.4) is 0 Å². The summed E-state index contributed by atoms with van der Waals surface area (Å²) in [7, 11) is 0. The summed E-state index contributed by atoms with van der Waals surface area (Å²) in [6, 6.07) is 7.32. The summed E-state index contributed by atoms with van der Waals surface area (Å²) in [6.45, 7) is 0.414. The van der Waals surface area contributed by atoms with Gasteiger partial charge in [-0.05, 0) is 34.5 Å². The number of hydrazine groups is 1. The number of pyridine rings is 1. The van der Waals surface area contributed by atoms with Crippen molar-refractivity contribution in [3.63, 3.8) is 0 Å². The molecular weight excluding hydrogens is 236 g/mol. The molecule has 2 heterocycles. The maximum Gasteiger partial charge on any atom is 0.142 e.